The summed E-state index contributed by atoms with van der Waals surface area (Å²) in [5.41, 5.74) is 2.27. The summed E-state index contributed by atoms with van der Waals surface area (Å²) < 4.78 is 31.5. The van der Waals surface area contributed by atoms with Gasteiger partial charge in [0.25, 0.3) is 5.69 Å². The molecule has 1 aliphatic rings. The molecule has 0 aliphatic carbocycles. The molecule has 9 nitrogen and oxygen atoms in total. The number of rotatable bonds is 6. The molecule has 1 aliphatic heterocycles. The Labute approximate surface area is 144 Å². The van der Waals surface area contributed by atoms with Gasteiger partial charge in [0.05, 0.1) is 22.3 Å². The fourth-order valence-corrected chi connectivity index (χ4v) is 4.06. The lowest BCUT2D eigenvalue weighted by Gasteiger charge is -2.15. The number of hydrogen-bond donors (Lipinski definition) is 1. The first-order valence-electron chi connectivity index (χ1n) is 7.59. The van der Waals surface area contributed by atoms with Gasteiger partial charge < -0.3 is 4.42 Å². The van der Waals surface area contributed by atoms with Gasteiger partial charge in [0.2, 0.25) is 10.0 Å². The largest absolute Gasteiger partial charge is 0.463 e. The molecule has 0 amide bonds. The van der Waals surface area contributed by atoms with Crippen molar-refractivity contribution in [3.8, 4) is 0 Å². The number of anilines is 1. The smallest absolute Gasteiger partial charge is 0.295 e. The van der Waals surface area contributed by atoms with E-state index < -0.39 is 14.9 Å². The van der Waals surface area contributed by atoms with Crippen LogP contribution < -0.4 is 5.43 Å². The maximum absolute atomic E-state index is 12.5. The van der Waals surface area contributed by atoms with Crippen LogP contribution in [0.1, 0.15) is 18.6 Å². The molecular weight excluding hydrogens is 348 g/mol. The SMILES string of the molecule is O=[N+]([O-])c1cc(S(=O)(=O)N2CCCC2)ccc1NN=Cc1ccco1. The van der Waals surface area contributed by atoms with Gasteiger partial charge in [0.1, 0.15) is 11.4 Å². The molecule has 1 fully saturated rings. The topological polar surface area (TPSA) is 118 Å². The Morgan fingerprint density at radius 3 is 2.68 bits per heavy atom. The van der Waals surface area contributed by atoms with Gasteiger partial charge in [-0.1, -0.05) is 0 Å². The molecule has 1 N–H and O–H groups in total. The first kappa shape index (κ1) is 17.1. The molecule has 3 rings (SSSR count). The Morgan fingerprint density at radius 2 is 2.04 bits per heavy atom. The van der Waals surface area contributed by atoms with E-state index in [9.17, 15) is 18.5 Å². The number of furan rings is 1. The number of sulfonamides is 1. The van der Waals surface area contributed by atoms with Crippen molar-refractivity contribution in [2.45, 2.75) is 17.7 Å². The maximum Gasteiger partial charge on any atom is 0.295 e. The Bertz CT molecular complexity index is 887. The van der Waals surface area contributed by atoms with Crippen molar-refractivity contribution in [2.75, 3.05) is 18.5 Å². The van der Waals surface area contributed by atoms with E-state index >= 15 is 0 Å². The van der Waals surface area contributed by atoms with Crippen molar-refractivity contribution in [1.29, 1.82) is 0 Å². The average molecular weight is 364 g/mol. The lowest BCUT2D eigenvalue weighted by Crippen LogP contribution is -2.27. The van der Waals surface area contributed by atoms with Gasteiger partial charge >= 0.3 is 0 Å². The number of hydrazone groups is 1. The second-order valence-electron chi connectivity index (χ2n) is 5.43. The van der Waals surface area contributed by atoms with Crippen molar-refractivity contribution < 1.29 is 17.8 Å². The second kappa shape index (κ2) is 7.03. The number of hydrogen-bond acceptors (Lipinski definition) is 7. The van der Waals surface area contributed by atoms with Crippen molar-refractivity contribution in [3.63, 3.8) is 0 Å². The zero-order chi connectivity index (χ0) is 17.9. The second-order valence-corrected chi connectivity index (χ2v) is 7.37. The molecule has 0 unspecified atom stereocenters. The van der Waals surface area contributed by atoms with Crippen LogP contribution >= 0.6 is 0 Å². The minimum atomic E-state index is -3.72. The number of nitrogens with one attached hydrogen (secondary N) is 1. The van der Waals surface area contributed by atoms with Gasteiger partial charge in [-0.05, 0) is 37.1 Å². The Balaban J connectivity index is 1.86. The molecular formula is C15H16N4O5S. The average Bonchev–Trinajstić information content (AvgIpc) is 3.28. The van der Waals surface area contributed by atoms with Gasteiger partial charge in [-0.15, -0.1) is 0 Å². The van der Waals surface area contributed by atoms with Crippen LogP contribution in [0.4, 0.5) is 11.4 Å². The predicted molar refractivity (Wildman–Crippen MR) is 91.0 cm³/mol. The highest BCUT2D eigenvalue weighted by atomic mass is 32.2. The minimum absolute atomic E-state index is 0.0909. The molecule has 0 saturated carbocycles. The van der Waals surface area contributed by atoms with Crippen LogP contribution in [0.25, 0.3) is 0 Å². The monoisotopic (exact) mass is 364 g/mol. The number of nitrogens with zero attached hydrogens (tertiary/aromatic N) is 3. The van der Waals surface area contributed by atoms with Crippen LogP contribution in [0.3, 0.4) is 0 Å². The van der Waals surface area contributed by atoms with Gasteiger partial charge in [-0.3, -0.25) is 15.5 Å². The Kier molecular flexibility index (Phi) is 4.81. The normalized spacial score (nSPS) is 15.7. The minimum Gasteiger partial charge on any atom is -0.463 e. The summed E-state index contributed by atoms with van der Waals surface area (Å²) in [6.07, 6.45) is 4.42. The van der Waals surface area contributed by atoms with Gasteiger partial charge in [-0.2, -0.15) is 9.41 Å². The van der Waals surface area contributed by atoms with Crippen molar-refractivity contribution in [3.05, 3.63) is 52.5 Å². The quantitative estimate of drug-likeness (QED) is 0.478. The molecule has 2 aromatic rings. The molecule has 0 bridgehead atoms. The highest BCUT2D eigenvalue weighted by molar-refractivity contribution is 7.89. The van der Waals surface area contributed by atoms with E-state index in [0.717, 1.165) is 18.9 Å². The van der Waals surface area contributed by atoms with Gasteiger partial charge in [0, 0.05) is 19.2 Å². The third-order valence-electron chi connectivity index (χ3n) is 3.79. The lowest BCUT2D eigenvalue weighted by molar-refractivity contribution is -0.384. The number of nitro benzene ring substituents is 1. The van der Waals surface area contributed by atoms with E-state index in [1.165, 1.54) is 28.9 Å². The fourth-order valence-electron chi connectivity index (χ4n) is 2.53. The number of nitro groups is 1. The highest BCUT2D eigenvalue weighted by Gasteiger charge is 2.29. The van der Waals surface area contributed by atoms with Crippen LogP contribution in [0, 0.1) is 10.1 Å². The fraction of sp³-hybridized carbons (Fsp3) is 0.267. The first-order chi connectivity index (χ1) is 12.0. The summed E-state index contributed by atoms with van der Waals surface area (Å²) in [4.78, 5) is 10.6. The van der Waals surface area contributed by atoms with E-state index in [4.69, 9.17) is 4.42 Å². The van der Waals surface area contributed by atoms with Crippen molar-refractivity contribution >= 4 is 27.6 Å². The van der Waals surface area contributed by atoms with E-state index in [-0.39, 0.29) is 16.3 Å². The molecule has 1 saturated heterocycles. The molecule has 132 valence electrons. The van der Waals surface area contributed by atoms with Crippen LogP contribution in [0.5, 0.6) is 0 Å². The molecule has 0 atom stereocenters. The van der Waals surface area contributed by atoms with Crippen LogP contribution in [0.15, 0.2) is 51.0 Å². The van der Waals surface area contributed by atoms with E-state index in [1.54, 1.807) is 12.1 Å². The first-order valence-corrected chi connectivity index (χ1v) is 9.03. The van der Waals surface area contributed by atoms with Crippen molar-refractivity contribution in [2.24, 2.45) is 5.10 Å². The number of benzene rings is 1. The van der Waals surface area contributed by atoms with E-state index in [1.807, 2.05) is 0 Å². The summed E-state index contributed by atoms with van der Waals surface area (Å²) in [7, 11) is -3.72. The molecule has 10 heteroatoms. The van der Waals surface area contributed by atoms with Crippen LogP contribution in [-0.2, 0) is 10.0 Å². The summed E-state index contributed by atoms with van der Waals surface area (Å²) in [6.45, 7) is 0.868. The zero-order valence-corrected chi connectivity index (χ0v) is 14.0. The predicted octanol–water partition coefficient (Wildman–Crippen LogP) is 2.42. The van der Waals surface area contributed by atoms with Crippen LogP contribution in [0.2, 0.25) is 0 Å². The summed E-state index contributed by atoms with van der Waals surface area (Å²) >= 11 is 0. The Morgan fingerprint density at radius 1 is 1.28 bits per heavy atom. The molecule has 1 aromatic heterocycles. The van der Waals surface area contributed by atoms with Crippen LogP contribution in [-0.4, -0.2) is 37.0 Å². The zero-order valence-electron chi connectivity index (χ0n) is 13.2. The van der Waals surface area contributed by atoms with Gasteiger partial charge in [-0.25, -0.2) is 8.42 Å². The summed E-state index contributed by atoms with van der Waals surface area (Å²) in [5, 5.41) is 15.2. The maximum atomic E-state index is 12.5. The third-order valence-corrected chi connectivity index (χ3v) is 5.68. The molecule has 0 radical (unpaired) electrons. The molecule has 1 aromatic carbocycles. The highest BCUT2D eigenvalue weighted by Crippen LogP contribution is 2.30. The molecule has 25 heavy (non-hydrogen) atoms. The van der Waals surface area contributed by atoms with Crippen molar-refractivity contribution in [1.82, 2.24) is 4.31 Å². The summed E-state index contributed by atoms with van der Waals surface area (Å²) in [6, 6.07) is 7.08. The van der Waals surface area contributed by atoms with E-state index in [0.29, 0.717) is 18.8 Å². The third kappa shape index (κ3) is 3.69. The Hall–Kier alpha value is -2.72. The summed E-state index contributed by atoms with van der Waals surface area (Å²) in [5.74, 6) is 0.475. The van der Waals surface area contributed by atoms with Gasteiger partial charge in [0.15, 0.2) is 0 Å². The molecule has 2 heterocycles. The molecule has 0 spiro atoms. The standard InChI is InChI=1S/C15H16N4O5S/c20-19(21)15-10-13(25(22,23)18-7-1-2-8-18)5-6-14(15)17-16-11-12-4-3-9-24-12/h3-6,9-11,17H,1-2,7-8H2. The lowest BCUT2D eigenvalue weighted by atomic mass is 10.3. The van der Waals surface area contributed by atoms with E-state index in [2.05, 4.69) is 10.5 Å².